The van der Waals surface area contributed by atoms with Crippen molar-refractivity contribution in [1.82, 2.24) is 10.3 Å². The lowest BCUT2D eigenvalue weighted by Gasteiger charge is -2.17. The number of aliphatic hydroxyl groups is 1. The van der Waals surface area contributed by atoms with E-state index in [1.807, 2.05) is 0 Å². The van der Waals surface area contributed by atoms with Gasteiger partial charge in [-0.05, 0) is 24.3 Å². The Morgan fingerprint density at radius 2 is 1.82 bits per heavy atom. The summed E-state index contributed by atoms with van der Waals surface area (Å²) in [7, 11) is 2.99. The average molecular weight is 490 g/mol. The lowest BCUT2D eigenvalue weighted by atomic mass is 10.2. The Labute approximate surface area is 199 Å². The molecular weight excluding hydrogens is 465 g/mol. The van der Waals surface area contributed by atoms with Crippen LogP contribution in [0.25, 0.3) is 0 Å². The van der Waals surface area contributed by atoms with E-state index in [1.165, 1.54) is 32.4 Å². The van der Waals surface area contributed by atoms with Gasteiger partial charge in [0, 0.05) is 11.9 Å². The average Bonchev–Trinajstić information content (AvgIpc) is 3.27. The van der Waals surface area contributed by atoms with Crippen LogP contribution in [0.3, 0.4) is 0 Å². The second-order valence-electron chi connectivity index (χ2n) is 7.02. The van der Waals surface area contributed by atoms with Gasteiger partial charge in [-0.1, -0.05) is 18.2 Å². The number of methoxy groups -OCH3 is 2. The number of halogens is 1. The summed E-state index contributed by atoms with van der Waals surface area (Å²) in [5, 5.41) is 17.2. The van der Waals surface area contributed by atoms with Crippen molar-refractivity contribution in [2.45, 2.75) is 12.5 Å². The van der Waals surface area contributed by atoms with Gasteiger partial charge in [-0.25, -0.2) is 9.37 Å². The Balaban J connectivity index is 1.45. The second kappa shape index (κ2) is 12.0. The minimum absolute atomic E-state index is 0.0443. The quantitative estimate of drug-likeness (QED) is 0.379. The first kappa shape index (κ1) is 24.9. The Hall–Kier alpha value is -3.70. The summed E-state index contributed by atoms with van der Waals surface area (Å²) in [6.45, 7) is -0.142. The first-order valence-corrected chi connectivity index (χ1v) is 11.1. The molecule has 34 heavy (non-hydrogen) atoms. The number of anilines is 1. The summed E-state index contributed by atoms with van der Waals surface area (Å²) in [6.07, 6.45) is -1.04. The van der Waals surface area contributed by atoms with Crippen LogP contribution in [0.5, 0.6) is 17.2 Å². The predicted molar refractivity (Wildman–Crippen MR) is 124 cm³/mol. The van der Waals surface area contributed by atoms with Gasteiger partial charge < -0.3 is 24.6 Å². The van der Waals surface area contributed by atoms with Crippen LogP contribution in [0.1, 0.15) is 16.1 Å². The number of amides is 2. The second-order valence-corrected chi connectivity index (χ2v) is 7.87. The summed E-state index contributed by atoms with van der Waals surface area (Å²) in [4.78, 5) is 28.6. The molecule has 1 aromatic heterocycles. The highest BCUT2D eigenvalue weighted by Crippen LogP contribution is 2.36. The number of aromatic nitrogens is 1. The third kappa shape index (κ3) is 6.65. The van der Waals surface area contributed by atoms with E-state index in [2.05, 4.69) is 15.6 Å². The highest BCUT2D eigenvalue weighted by molar-refractivity contribution is 7.14. The first-order chi connectivity index (χ1) is 16.4. The zero-order valence-corrected chi connectivity index (χ0v) is 19.4. The molecule has 0 aliphatic carbocycles. The molecule has 11 heteroatoms. The molecule has 0 bridgehead atoms. The van der Waals surface area contributed by atoms with Crippen molar-refractivity contribution in [1.29, 1.82) is 0 Å². The molecule has 9 nitrogen and oxygen atoms in total. The largest absolute Gasteiger partial charge is 0.493 e. The monoisotopic (exact) mass is 489 g/mol. The number of thiazole rings is 1. The number of ether oxygens (including phenoxy) is 3. The van der Waals surface area contributed by atoms with Crippen molar-refractivity contribution < 1.29 is 33.3 Å². The molecule has 2 amide bonds. The molecule has 0 aliphatic rings. The molecule has 1 heterocycles. The minimum Gasteiger partial charge on any atom is -0.493 e. The highest BCUT2D eigenvalue weighted by Gasteiger charge is 2.16. The molecule has 0 saturated heterocycles. The number of nitrogens with one attached hydrogen (secondary N) is 2. The van der Waals surface area contributed by atoms with Crippen LogP contribution in [-0.4, -0.2) is 55.4 Å². The zero-order chi connectivity index (χ0) is 24.5. The van der Waals surface area contributed by atoms with Crippen LogP contribution < -0.4 is 24.8 Å². The number of carbonyl (C=O) groups excluding carboxylic acids is 2. The lowest BCUT2D eigenvalue weighted by Crippen LogP contribution is -2.36. The van der Waals surface area contributed by atoms with Crippen LogP contribution in [0, 0.1) is 5.82 Å². The fourth-order valence-corrected chi connectivity index (χ4v) is 3.62. The molecule has 0 radical (unpaired) electrons. The van der Waals surface area contributed by atoms with Gasteiger partial charge in [0.1, 0.15) is 18.5 Å². The number of aliphatic hydroxyl groups excluding tert-OH is 1. The van der Waals surface area contributed by atoms with Gasteiger partial charge in [0.25, 0.3) is 5.91 Å². The van der Waals surface area contributed by atoms with E-state index in [0.29, 0.717) is 22.9 Å². The van der Waals surface area contributed by atoms with Gasteiger partial charge in [-0.15, -0.1) is 11.3 Å². The first-order valence-electron chi connectivity index (χ1n) is 10.2. The molecule has 1 atom stereocenters. The zero-order valence-electron chi connectivity index (χ0n) is 18.5. The Kier molecular flexibility index (Phi) is 8.77. The molecule has 3 rings (SSSR count). The summed E-state index contributed by atoms with van der Waals surface area (Å²) < 4.78 is 29.8. The van der Waals surface area contributed by atoms with Crippen LogP contribution in [-0.2, 0) is 11.2 Å². The maximum absolute atomic E-state index is 13.7. The van der Waals surface area contributed by atoms with Crippen molar-refractivity contribution >= 4 is 28.3 Å². The Morgan fingerprint density at radius 3 is 2.50 bits per heavy atom. The van der Waals surface area contributed by atoms with Gasteiger partial charge in [0.15, 0.2) is 16.6 Å². The number of para-hydroxylation sites is 1. The maximum atomic E-state index is 13.7. The van der Waals surface area contributed by atoms with Gasteiger partial charge >= 0.3 is 0 Å². The predicted octanol–water partition coefficient (Wildman–Crippen LogP) is 2.65. The van der Waals surface area contributed by atoms with E-state index in [-0.39, 0.29) is 36.2 Å². The van der Waals surface area contributed by atoms with Gasteiger partial charge in [-0.3, -0.25) is 14.9 Å². The van der Waals surface area contributed by atoms with E-state index in [1.54, 1.807) is 29.6 Å². The van der Waals surface area contributed by atoms with Crippen LogP contribution in [0.15, 0.2) is 47.8 Å². The van der Waals surface area contributed by atoms with Crippen molar-refractivity contribution in [3.05, 3.63) is 64.9 Å². The van der Waals surface area contributed by atoms with Gasteiger partial charge in [0.2, 0.25) is 11.7 Å². The topological polar surface area (TPSA) is 119 Å². The lowest BCUT2D eigenvalue weighted by molar-refractivity contribution is -0.121. The van der Waals surface area contributed by atoms with E-state index >= 15 is 0 Å². The molecule has 180 valence electrons. The molecule has 2 aromatic carbocycles. The van der Waals surface area contributed by atoms with Gasteiger partial charge in [0.05, 0.1) is 31.9 Å². The van der Waals surface area contributed by atoms with Crippen molar-refractivity contribution in [2.75, 3.05) is 32.7 Å². The van der Waals surface area contributed by atoms with Crippen molar-refractivity contribution in [3.8, 4) is 17.2 Å². The highest BCUT2D eigenvalue weighted by atomic mass is 32.1. The molecular formula is C23H24FN3O6S. The van der Waals surface area contributed by atoms with Gasteiger partial charge in [-0.2, -0.15) is 0 Å². The summed E-state index contributed by atoms with van der Waals surface area (Å²) >= 11 is 1.12. The number of rotatable bonds is 11. The van der Waals surface area contributed by atoms with E-state index in [0.717, 1.165) is 11.3 Å². The third-order valence-electron chi connectivity index (χ3n) is 4.57. The smallest absolute Gasteiger partial charge is 0.260 e. The fourth-order valence-electron chi connectivity index (χ4n) is 2.91. The third-order valence-corrected chi connectivity index (χ3v) is 5.38. The molecule has 0 fully saturated rings. The normalized spacial score (nSPS) is 11.4. The van der Waals surface area contributed by atoms with Crippen LogP contribution in [0.2, 0.25) is 0 Å². The molecule has 0 aliphatic heterocycles. The number of hydrogen-bond donors (Lipinski definition) is 3. The molecule has 0 spiro atoms. The molecule has 3 aromatic rings. The summed E-state index contributed by atoms with van der Waals surface area (Å²) in [5.41, 5.74) is 0.328. The number of carbonyl (C=O) groups is 2. The summed E-state index contributed by atoms with van der Waals surface area (Å²) in [5.74, 6) is -0.369. The molecule has 1 unspecified atom stereocenters. The molecule has 3 N–H and O–H groups in total. The summed E-state index contributed by atoms with van der Waals surface area (Å²) in [6, 6.07) is 10.8. The standard InChI is InChI=1S/C23H24FN3O6S/c1-31-18-8-5-9-19(32-2)21(18)33-12-15(28)11-25-20(29)10-14-13-34-23(26-14)27-22(30)16-6-3-4-7-17(16)24/h3-9,13,15,28H,10-12H2,1-2H3,(H,25,29)(H,26,27,30). The number of hydrogen-bond acceptors (Lipinski definition) is 8. The maximum Gasteiger partial charge on any atom is 0.260 e. The molecule has 0 saturated carbocycles. The van der Waals surface area contributed by atoms with Crippen LogP contribution >= 0.6 is 11.3 Å². The van der Waals surface area contributed by atoms with E-state index in [4.69, 9.17) is 14.2 Å². The van der Waals surface area contributed by atoms with Crippen molar-refractivity contribution in [3.63, 3.8) is 0 Å². The fraction of sp³-hybridized carbons (Fsp3) is 0.261. The van der Waals surface area contributed by atoms with Crippen molar-refractivity contribution in [2.24, 2.45) is 0 Å². The Bertz CT molecular complexity index is 1120. The van der Waals surface area contributed by atoms with E-state index in [9.17, 15) is 19.1 Å². The minimum atomic E-state index is -0.982. The Morgan fingerprint density at radius 1 is 1.12 bits per heavy atom. The van der Waals surface area contributed by atoms with Crippen LogP contribution in [0.4, 0.5) is 9.52 Å². The number of benzene rings is 2. The number of nitrogens with zero attached hydrogens (tertiary/aromatic N) is 1. The van der Waals surface area contributed by atoms with E-state index < -0.39 is 17.8 Å². The SMILES string of the molecule is COc1cccc(OC)c1OCC(O)CNC(=O)Cc1csc(NC(=O)c2ccccc2F)n1.